The lowest BCUT2D eigenvalue weighted by molar-refractivity contribution is -0.153. The molecular weight excluding hydrogens is 386 g/mol. The summed E-state index contributed by atoms with van der Waals surface area (Å²) in [6.45, 7) is 3.05. The quantitative estimate of drug-likeness (QED) is 0.676. The van der Waals surface area contributed by atoms with Crippen LogP contribution in [0.15, 0.2) is 48.5 Å². The SMILES string of the molecule is CCOC(=O)c1ccc(NC(=O)COC(=O)[C@@H](C)Oc2ccc(Cl)cc2)cc1. The van der Waals surface area contributed by atoms with E-state index < -0.39 is 30.6 Å². The van der Waals surface area contributed by atoms with Crippen LogP contribution in [-0.4, -0.2) is 37.2 Å². The highest BCUT2D eigenvalue weighted by Crippen LogP contribution is 2.17. The van der Waals surface area contributed by atoms with Crippen molar-refractivity contribution in [1.82, 2.24) is 0 Å². The normalized spacial score (nSPS) is 11.2. The number of benzene rings is 2. The van der Waals surface area contributed by atoms with Crippen molar-refractivity contribution in [3.63, 3.8) is 0 Å². The molecule has 0 unspecified atom stereocenters. The first-order chi connectivity index (χ1) is 13.4. The number of carbonyl (C=O) groups is 3. The van der Waals surface area contributed by atoms with Crippen molar-refractivity contribution < 1.29 is 28.6 Å². The molecule has 148 valence electrons. The fourth-order valence-electron chi connectivity index (χ4n) is 2.12. The molecule has 2 rings (SSSR count). The molecule has 28 heavy (non-hydrogen) atoms. The van der Waals surface area contributed by atoms with Crippen molar-refractivity contribution in [2.24, 2.45) is 0 Å². The van der Waals surface area contributed by atoms with Gasteiger partial charge in [0.05, 0.1) is 12.2 Å². The first kappa shape index (κ1) is 21.2. The minimum absolute atomic E-state index is 0.281. The maximum absolute atomic E-state index is 11.9. The number of ether oxygens (including phenoxy) is 3. The van der Waals surface area contributed by atoms with Crippen LogP contribution >= 0.6 is 11.6 Å². The lowest BCUT2D eigenvalue weighted by Crippen LogP contribution is -2.29. The van der Waals surface area contributed by atoms with Crippen LogP contribution in [0.2, 0.25) is 5.02 Å². The zero-order chi connectivity index (χ0) is 20.5. The van der Waals surface area contributed by atoms with Gasteiger partial charge in [0.2, 0.25) is 0 Å². The van der Waals surface area contributed by atoms with Crippen molar-refractivity contribution in [3.05, 3.63) is 59.1 Å². The van der Waals surface area contributed by atoms with Crippen LogP contribution in [-0.2, 0) is 19.1 Å². The average Bonchev–Trinajstić information content (AvgIpc) is 2.68. The van der Waals surface area contributed by atoms with E-state index in [9.17, 15) is 14.4 Å². The van der Waals surface area contributed by atoms with Crippen molar-refractivity contribution >= 4 is 35.1 Å². The van der Waals surface area contributed by atoms with Crippen LogP contribution < -0.4 is 10.1 Å². The Morgan fingerprint density at radius 3 is 2.25 bits per heavy atom. The summed E-state index contributed by atoms with van der Waals surface area (Å²) in [5, 5.41) is 3.12. The van der Waals surface area contributed by atoms with E-state index in [0.29, 0.717) is 22.0 Å². The minimum Gasteiger partial charge on any atom is -0.479 e. The summed E-state index contributed by atoms with van der Waals surface area (Å²) in [7, 11) is 0. The van der Waals surface area contributed by atoms with Gasteiger partial charge in [-0.3, -0.25) is 4.79 Å². The van der Waals surface area contributed by atoms with Gasteiger partial charge < -0.3 is 19.5 Å². The number of hydrogen-bond acceptors (Lipinski definition) is 6. The number of carbonyl (C=O) groups excluding carboxylic acids is 3. The monoisotopic (exact) mass is 405 g/mol. The Morgan fingerprint density at radius 2 is 1.64 bits per heavy atom. The van der Waals surface area contributed by atoms with E-state index in [1.807, 2.05) is 0 Å². The molecule has 0 saturated carbocycles. The van der Waals surface area contributed by atoms with Gasteiger partial charge in [-0.25, -0.2) is 9.59 Å². The highest BCUT2D eigenvalue weighted by molar-refractivity contribution is 6.30. The number of anilines is 1. The summed E-state index contributed by atoms with van der Waals surface area (Å²) in [6.07, 6.45) is -0.891. The second-order valence-electron chi connectivity index (χ2n) is 5.67. The predicted octanol–water partition coefficient (Wildman–Crippen LogP) is 3.47. The molecule has 2 aromatic rings. The van der Waals surface area contributed by atoms with Crippen LogP contribution in [0, 0.1) is 0 Å². The van der Waals surface area contributed by atoms with E-state index in [2.05, 4.69) is 5.32 Å². The summed E-state index contributed by atoms with van der Waals surface area (Å²) in [4.78, 5) is 35.5. The van der Waals surface area contributed by atoms with E-state index in [1.165, 1.54) is 19.1 Å². The van der Waals surface area contributed by atoms with Crippen LogP contribution in [0.25, 0.3) is 0 Å². The van der Waals surface area contributed by atoms with Gasteiger partial charge in [-0.2, -0.15) is 0 Å². The smallest absolute Gasteiger partial charge is 0.347 e. The molecule has 0 bridgehead atoms. The van der Waals surface area contributed by atoms with Gasteiger partial charge in [-0.05, 0) is 62.4 Å². The fraction of sp³-hybridized carbons (Fsp3) is 0.250. The molecule has 0 spiro atoms. The minimum atomic E-state index is -0.891. The average molecular weight is 406 g/mol. The summed E-state index contributed by atoms with van der Waals surface area (Å²) in [5.41, 5.74) is 0.832. The van der Waals surface area contributed by atoms with E-state index >= 15 is 0 Å². The summed E-state index contributed by atoms with van der Waals surface area (Å²) in [5.74, 6) is -1.18. The van der Waals surface area contributed by atoms with Gasteiger partial charge in [0.1, 0.15) is 5.75 Å². The standard InChI is InChI=1S/C20H20ClNO6/c1-3-26-20(25)14-4-8-16(9-5-14)22-18(23)12-27-19(24)13(2)28-17-10-6-15(21)7-11-17/h4-11,13H,3,12H2,1-2H3,(H,22,23)/t13-/m1/s1. The van der Waals surface area contributed by atoms with Crippen molar-refractivity contribution in [2.75, 3.05) is 18.5 Å². The molecule has 0 radical (unpaired) electrons. The Bertz CT molecular complexity index is 820. The molecule has 2 aromatic carbocycles. The lowest BCUT2D eigenvalue weighted by atomic mass is 10.2. The number of rotatable bonds is 8. The van der Waals surface area contributed by atoms with Gasteiger partial charge in [0.25, 0.3) is 5.91 Å². The van der Waals surface area contributed by atoms with Crippen molar-refractivity contribution in [2.45, 2.75) is 20.0 Å². The van der Waals surface area contributed by atoms with Gasteiger partial charge >= 0.3 is 11.9 Å². The van der Waals surface area contributed by atoms with Gasteiger partial charge in [0.15, 0.2) is 12.7 Å². The zero-order valence-electron chi connectivity index (χ0n) is 15.4. The molecule has 0 heterocycles. The van der Waals surface area contributed by atoms with Crippen LogP contribution in [0.4, 0.5) is 5.69 Å². The second-order valence-corrected chi connectivity index (χ2v) is 6.10. The first-order valence-corrected chi connectivity index (χ1v) is 8.92. The molecule has 1 amide bonds. The number of halogens is 1. The number of nitrogens with one attached hydrogen (secondary N) is 1. The van der Waals surface area contributed by atoms with Crippen LogP contribution in [0.3, 0.4) is 0 Å². The maximum Gasteiger partial charge on any atom is 0.347 e. The molecule has 1 N–H and O–H groups in total. The molecule has 0 aliphatic heterocycles. The van der Waals surface area contributed by atoms with E-state index in [4.69, 9.17) is 25.8 Å². The Hall–Kier alpha value is -3.06. The van der Waals surface area contributed by atoms with Crippen LogP contribution in [0.5, 0.6) is 5.75 Å². The van der Waals surface area contributed by atoms with Crippen molar-refractivity contribution in [1.29, 1.82) is 0 Å². The van der Waals surface area contributed by atoms with E-state index in [0.717, 1.165) is 0 Å². The van der Waals surface area contributed by atoms with E-state index in [1.54, 1.807) is 43.3 Å². The molecule has 7 nitrogen and oxygen atoms in total. The molecule has 0 aliphatic rings. The van der Waals surface area contributed by atoms with Gasteiger partial charge in [-0.15, -0.1) is 0 Å². The molecule has 1 atom stereocenters. The van der Waals surface area contributed by atoms with Gasteiger partial charge in [-0.1, -0.05) is 11.6 Å². The first-order valence-electron chi connectivity index (χ1n) is 8.55. The fourth-order valence-corrected chi connectivity index (χ4v) is 2.25. The third-order valence-corrected chi connectivity index (χ3v) is 3.74. The molecular formula is C20H20ClNO6. The maximum atomic E-state index is 11.9. The molecule has 0 aliphatic carbocycles. The Morgan fingerprint density at radius 1 is 1.00 bits per heavy atom. The summed E-state index contributed by atoms with van der Waals surface area (Å²) in [6, 6.07) is 12.7. The Kier molecular flexibility index (Phi) is 7.83. The predicted molar refractivity (Wildman–Crippen MR) is 104 cm³/mol. The summed E-state index contributed by atoms with van der Waals surface area (Å²) >= 11 is 5.79. The molecule has 0 fully saturated rings. The van der Waals surface area contributed by atoms with Gasteiger partial charge in [0, 0.05) is 10.7 Å². The number of esters is 2. The Balaban J connectivity index is 1.78. The third kappa shape index (κ3) is 6.59. The van der Waals surface area contributed by atoms with E-state index in [-0.39, 0.29) is 6.61 Å². The second kappa shape index (κ2) is 10.3. The number of hydrogen-bond donors (Lipinski definition) is 1. The highest BCUT2D eigenvalue weighted by Gasteiger charge is 2.18. The zero-order valence-corrected chi connectivity index (χ0v) is 16.2. The lowest BCUT2D eigenvalue weighted by Gasteiger charge is -2.14. The summed E-state index contributed by atoms with van der Waals surface area (Å²) < 4.78 is 15.3. The largest absolute Gasteiger partial charge is 0.479 e. The topological polar surface area (TPSA) is 90.9 Å². The van der Waals surface area contributed by atoms with Crippen LogP contribution in [0.1, 0.15) is 24.2 Å². The van der Waals surface area contributed by atoms with Crippen molar-refractivity contribution in [3.8, 4) is 5.75 Å². The Labute approximate surface area is 167 Å². The number of amides is 1. The molecule has 8 heteroatoms. The highest BCUT2D eigenvalue weighted by atomic mass is 35.5. The molecule has 0 aromatic heterocycles. The molecule has 0 saturated heterocycles. The third-order valence-electron chi connectivity index (χ3n) is 3.48.